The van der Waals surface area contributed by atoms with E-state index in [9.17, 15) is 24.1 Å². The van der Waals surface area contributed by atoms with Crippen molar-refractivity contribution >= 4 is 17.6 Å². The SMILES string of the molecule is NC(=O)NC(=O)COc1ccc([N+](=O)[O-])cc1F. The highest BCUT2D eigenvalue weighted by molar-refractivity contribution is 5.94. The van der Waals surface area contributed by atoms with Crippen LogP contribution in [0.2, 0.25) is 0 Å². The summed E-state index contributed by atoms with van der Waals surface area (Å²) in [5, 5.41) is 12.0. The average molecular weight is 257 g/mol. The number of primary amides is 1. The van der Waals surface area contributed by atoms with Crippen molar-refractivity contribution < 1.29 is 23.6 Å². The van der Waals surface area contributed by atoms with Crippen LogP contribution in [0.1, 0.15) is 0 Å². The number of nitrogens with two attached hydrogens (primary N) is 1. The number of hydrogen-bond donors (Lipinski definition) is 2. The Balaban J connectivity index is 2.66. The quantitative estimate of drug-likeness (QED) is 0.593. The third-order valence-corrected chi connectivity index (χ3v) is 1.75. The van der Waals surface area contributed by atoms with Gasteiger partial charge in [0.2, 0.25) is 0 Å². The zero-order chi connectivity index (χ0) is 13.7. The van der Waals surface area contributed by atoms with E-state index in [1.54, 1.807) is 5.32 Å². The summed E-state index contributed by atoms with van der Waals surface area (Å²) in [7, 11) is 0. The number of halogens is 1. The van der Waals surface area contributed by atoms with Crippen LogP contribution in [-0.2, 0) is 4.79 Å². The summed E-state index contributed by atoms with van der Waals surface area (Å²) in [6, 6.07) is 1.62. The number of nitro groups is 1. The molecular weight excluding hydrogens is 249 g/mol. The summed E-state index contributed by atoms with van der Waals surface area (Å²) in [5.41, 5.74) is 4.23. The first-order valence-electron chi connectivity index (χ1n) is 4.56. The van der Waals surface area contributed by atoms with Crippen LogP contribution in [0.4, 0.5) is 14.9 Å². The van der Waals surface area contributed by atoms with Gasteiger partial charge in [-0.3, -0.25) is 20.2 Å². The average Bonchev–Trinajstić information content (AvgIpc) is 2.26. The number of nitro benzene ring substituents is 1. The van der Waals surface area contributed by atoms with E-state index < -0.39 is 35.0 Å². The Morgan fingerprint density at radius 1 is 1.50 bits per heavy atom. The number of rotatable bonds is 4. The Labute approximate surface area is 99.7 Å². The lowest BCUT2D eigenvalue weighted by molar-refractivity contribution is -0.385. The predicted octanol–water partition coefficient (Wildman–Crippen LogP) is 0.308. The topological polar surface area (TPSA) is 125 Å². The first kappa shape index (κ1) is 13.4. The molecule has 0 aliphatic rings. The molecule has 0 fully saturated rings. The minimum Gasteiger partial charge on any atom is -0.481 e. The van der Waals surface area contributed by atoms with E-state index in [4.69, 9.17) is 4.74 Å². The molecule has 0 aromatic heterocycles. The van der Waals surface area contributed by atoms with Gasteiger partial charge in [0, 0.05) is 6.07 Å². The molecular formula is C9H8FN3O5. The molecule has 18 heavy (non-hydrogen) atoms. The number of amides is 3. The molecule has 1 rings (SSSR count). The van der Waals surface area contributed by atoms with Gasteiger partial charge in [-0.2, -0.15) is 0 Å². The Morgan fingerprint density at radius 2 is 2.17 bits per heavy atom. The molecule has 96 valence electrons. The smallest absolute Gasteiger partial charge is 0.318 e. The van der Waals surface area contributed by atoms with Crippen LogP contribution < -0.4 is 15.8 Å². The molecule has 0 atom stereocenters. The molecule has 1 aromatic carbocycles. The van der Waals surface area contributed by atoms with Crippen LogP contribution in [0.15, 0.2) is 18.2 Å². The lowest BCUT2D eigenvalue weighted by atomic mass is 10.3. The van der Waals surface area contributed by atoms with E-state index in [1.165, 1.54) is 0 Å². The van der Waals surface area contributed by atoms with Gasteiger partial charge < -0.3 is 10.5 Å². The zero-order valence-electron chi connectivity index (χ0n) is 8.88. The summed E-state index contributed by atoms with van der Waals surface area (Å²) < 4.78 is 18.0. The monoisotopic (exact) mass is 257 g/mol. The number of carbonyl (C=O) groups excluding carboxylic acids is 2. The number of ether oxygens (including phenoxy) is 1. The van der Waals surface area contributed by atoms with Gasteiger partial charge in [-0.15, -0.1) is 0 Å². The molecule has 0 unspecified atom stereocenters. The van der Waals surface area contributed by atoms with E-state index in [0.29, 0.717) is 6.07 Å². The molecule has 0 saturated heterocycles. The highest BCUT2D eigenvalue weighted by Gasteiger charge is 2.13. The number of nitrogens with one attached hydrogen (secondary N) is 1. The van der Waals surface area contributed by atoms with Crippen LogP contribution in [0.5, 0.6) is 5.75 Å². The zero-order valence-corrected chi connectivity index (χ0v) is 8.88. The molecule has 0 spiro atoms. The maximum absolute atomic E-state index is 13.3. The predicted molar refractivity (Wildman–Crippen MR) is 56.3 cm³/mol. The minimum absolute atomic E-state index is 0.347. The van der Waals surface area contributed by atoms with E-state index in [2.05, 4.69) is 5.73 Å². The normalized spacial score (nSPS) is 9.61. The molecule has 1 aromatic rings. The van der Waals surface area contributed by atoms with Crippen LogP contribution in [-0.4, -0.2) is 23.5 Å². The summed E-state index contributed by atoms with van der Waals surface area (Å²) in [5.74, 6) is -2.20. The number of urea groups is 1. The Morgan fingerprint density at radius 3 is 2.67 bits per heavy atom. The second-order valence-electron chi connectivity index (χ2n) is 3.07. The molecule has 0 aliphatic heterocycles. The summed E-state index contributed by atoms with van der Waals surface area (Å²) in [4.78, 5) is 30.8. The number of nitrogens with zero attached hydrogens (tertiary/aromatic N) is 1. The van der Waals surface area contributed by atoms with E-state index >= 15 is 0 Å². The number of non-ortho nitro benzene ring substituents is 1. The second-order valence-corrected chi connectivity index (χ2v) is 3.07. The van der Waals surface area contributed by atoms with Crippen LogP contribution in [0, 0.1) is 15.9 Å². The van der Waals surface area contributed by atoms with Gasteiger partial charge in [-0.05, 0) is 6.07 Å². The van der Waals surface area contributed by atoms with Crippen molar-refractivity contribution in [3.05, 3.63) is 34.1 Å². The van der Waals surface area contributed by atoms with Gasteiger partial charge in [0.25, 0.3) is 11.6 Å². The maximum atomic E-state index is 13.3. The number of benzene rings is 1. The molecule has 9 heteroatoms. The largest absolute Gasteiger partial charge is 0.481 e. The van der Waals surface area contributed by atoms with E-state index in [-0.39, 0.29) is 5.75 Å². The summed E-state index contributed by atoms with van der Waals surface area (Å²) in [6.07, 6.45) is 0. The summed E-state index contributed by atoms with van der Waals surface area (Å²) in [6.45, 7) is -0.641. The van der Waals surface area contributed by atoms with Crippen molar-refractivity contribution in [2.24, 2.45) is 5.73 Å². The second kappa shape index (κ2) is 5.57. The van der Waals surface area contributed by atoms with Gasteiger partial charge in [-0.25, -0.2) is 9.18 Å². The number of imide groups is 1. The van der Waals surface area contributed by atoms with Crippen LogP contribution in [0.25, 0.3) is 0 Å². The van der Waals surface area contributed by atoms with Gasteiger partial charge >= 0.3 is 6.03 Å². The molecule has 0 saturated carbocycles. The third kappa shape index (κ3) is 3.70. The van der Waals surface area contributed by atoms with Crippen molar-refractivity contribution in [2.75, 3.05) is 6.61 Å². The number of carbonyl (C=O) groups is 2. The van der Waals surface area contributed by atoms with Crippen molar-refractivity contribution in [3.8, 4) is 5.75 Å². The Kier molecular flexibility index (Phi) is 4.13. The van der Waals surface area contributed by atoms with E-state index in [0.717, 1.165) is 12.1 Å². The van der Waals surface area contributed by atoms with Gasteiger partial charge in [0.05, 0.1) is 11.0 Å². The fourth-order valence-electron chi connectivity index (χ4n) is 1.04. The maximum Gasteiger partial charge on any atom is 0.318 e. The van der Waals surface area contributed by atoms with Gasteiger partial charge in [0.15, 0.2) is 18.2 Å². The molecule has 3 N–H and O–H groups in total. The van der Waals surface area contributed by atoms with Crippen molar-refractivity contribution in [1.29, 1.82) is 0 Å². The lowest BCUT2D eigenvalue weighted by Gasteiger charge is -2.06. The fraction of sp³-hybridized carbons (Fsp3) is 0.111. The highest BCUT2D eigenvalue weighted by Crippen LogP contribution is 2.22. The van der Waals surface area contributed by atoms with Crippen LogP contribution >= 0.6 is 0 Å². The van der Waals surface area contributed by atoms with Crippen molar-refractivity contribution in [1.82, 2.24) is 5.32 Å². The molecule has 0 radical (unpaired) electrons. The van der Waals surface area contributed by atoms with Gasteiger partial charge in [0.1, 0.15) is 0 Å². The number of hydrogen-bond acceptors (Lipinski definition) is 5. The molecule has 0 bridgehead atoms. The molecule has 8 nitrogen and oxygen atoms in total. The van der Waals surface area contributed by atoms with Gasteiger partial charge in [-0.1, -0.05) is 0 Å². The highest BCUT2D eigenvalue weighted by atomic mass is 19.1. The van der Waals surface area contributed by atoms with E-state index in [1.807, 2.05) is 0 Å². The molecule has 0 aliphatic carbocycles. The van der Waals surface area contributed by atoms with Crippen LogP contribution in [0.3, 0.4) is 0 Å². The first-order chi connectivity index (χ1) is 8.40. The fourth-order valence-corrected chi connectivity index (χ4v) is 1.04. The standard InChI is InChI=1S/C9H8FN3O5/c10-6-3-5(13(16)17)1-2-7(6)18-4-8(14)12-9(11)15/h1-3H,4H2,(H3,11,12,14,15). The van der Waals surface area contributed by atoms with Crippen molar-refractivity contribution in [2.45, 2.75) is 0 Å². The Hall–Kier alpha value is -2.71. The third-order valence-electron chi connectivity index (χ3n) is 1.75. The molecule has 0 heterocycles. The Bertz CT molecular complexity index is 505. The first-order valence-corrected chi connectivity index (χ1v) is 4.56. The summed E-state index contributed by atoms with van der Waals surface area (Å²) >= 11 is 0. The van der Waals surface area contributed by atoms with Crippen molar-refractivity contribution in [3.63, 3.8) is 0 Å². The molecule has 3 amide bonds. The minimum atomic E-state index is -1.06. The lowest BCUT2D eigenvalue weighted by Crippen LogP contribution is -2.38.